The van der Waals surface area contributed by atoms with Gasteiger partial charge in [0.25, 0.3) is 25.8 Å². The highest BCUT2D eigenvalue weighted by Crippen LogP contribution is 2.43. The number of piperazine rings is 2. The van der Waals surface area contributed by atoms with Gasteiger partial charge in [-0.3, -0.25) is 29.6 Å². The number of sulfonamides is 1. The molecule has 0 unspecified atom stereocenters. The van der Waals surface area contributed by atoms with Gasteiger partial charge in [0.05, 0.1) is 16.3 Å². The number of nitrogens with one attached hydrogen (secondary N) is 3. The van der Waals surface area contributed by atoms with Crippen molar-refractivity contribution in [3.05, 3.63) is 148 Å². The summed E-state index contributed by atoms with van der Waals surface area (Å²) in [7, 11) is -11.1. The number of hydrogen-bond acceptors (Lipinski definition) is 13. The number of rotatable bonds is 19. The Balaban J connectivity index is 0.842. The number of amides is 4. The van der Waals surface area contributed by atoms with Gasteiger partial charge < -0.3 is 15.1 Å². The minimum Gasteiger partial charge on any atom is -0.380 e. The summed E-state index contributed by atoms with van der Waals surface area (Å²) in [6.45, 7) is 11.6. The molecule has 3 saturated heterocycles. The second kappa shape index (κ2) is 25.2. The van der Waals surface area contributed by atoms with Crippen LogP contribution in [0.1, 0.15) is 67.4 Å². The number of thioether (sulfide) groups is 1. The van der Waals surface area contributed by atoms with Crippen LogP contribution in [0.15, 0.2) is 136 Å². The molecule has 0 bridgehead atoms. The summed E-state index contributed by atoms with van der Waals surface area (Å²) in [6, 6.07) is 28.9. The lowest BCUT2D eigenvalue weighted by Crippen LogP contribution is -2.50. The van der Waals surface area contributed by atoms with Gasteiger partial charge in [-0.15, -0.1) is 11.8 Å². The quantitative estimate of drug-likeness (QED) is 0.0528. The van der Waals surface area contributed by atoms with Crippen LogP contribution >= 0.6 is 23.4 Å². The number of allylic oxidation sites excluding steroid dienone is 1. The summed E-state index contributed by atoms with van der Waals surface area (Å²) in [5.41, 5.74) is -0.209. The Bertz CT molecular complexity index is 3360. The molecule has 1 aliphatic carbocycles. The fourth-order valence-electron chi connectivity index (χ4n) is 10.8. The van der Waals surface area contributed by atoms with Crippen LogP contribution in [0.2, 0.25) is 5.02 Å². The van der Waals surface area contributed by atoms with E-state index in [0.717, 1.165) is 61.6 Å². The van der Waals surface area contributed by atoms with Crippen molar-refractivity contribution in [1.82, 2.24) is 24.7 Å². The van der Waals surface area contributed by atoms with Crippen molar-refractivity contribution in [3.8, 4) is 0 Å². The number of sulfone groups is 1. The molecule has 0 spiro atoms. The van der Waals surface area contributed by atoms with Gasteiger partial charge in [-0.1, -0.05) is 61.4 Å². The van der Waals surface area contributed by atoms with Gasteiger partial charge in [0.2, 0.25) is 5.91 Å². The number of halogens is 5. The van der Waals surface area contributed by atoms with Crippen LogP contribution < -0.4 is 25.2 Å². The normalized spacial score (nSPS) is 18.4. The predicted molar refractivity (Wildman–Crippen MR) is 308 cm³/mol. The third kappa shape index (κ3) is 15.0. The fraction of sp³-hybridized carbons (Fsp3) is 0.397. The van der Waals surface area contributed by atoms with E-state index in [0.29, 0.717) is 81.1 Å². The molecule has 432 valence electrons. The van der Waals surface area contributed by atoms with E-state index < -0.39 is 64.6 Å². The number of carbonyl (C=O) groups excluding carboxylic acids is 3. The zero-order valence-corrected chi connectivity index (χ0v) is 48.2. The second-order valence-electron chi connectivity index (χ2n) is 21.7. The molecule has 3 fully saturated rings. The summed E-state index contributed by atoms with van der Waals surface area (Å²) in [5.74, 6) is -1.64. The van der Waals surface area contributed by atoms with Gasteiger partial charge in [-0.25, -0.2) is 30.7 Å². The fourth-order valence-corrected chi connectivity index (χ4v) is 14.0. The number of carbonyl (C=O) groups is 3. The Hall–Kier alpha value is -6.01. The van der Waals surface area contributed by atoms with Gasteiger partial charge in [0, 0.05) is 118 Å². The highest BCUT2D eigenvalue weighted by atomic mass is 35.5. The second-order valence-corrected chi connectivity index (χ2v) is 26.8. The van der Waals surface area contributed by atoms with E-state index >= 15 is 0 Å². The molecule has 9 rings (SSSR count). The van der Waals surface area contributed by atoms with Crippen molar-refractivity contribution < 1.29 is 48.8 Å². The van der Waals surface area contributed by atoms with Crippen LogP contribution in [0.25, 0.3) is 5.57 Å². The molecule has 81 heavy (non-hydrogen) atoms. The van der Waals surface area contributed by atoms with Crippen molar-refractivity contribution >= 4 is 83.7 Å². The molecule has 5 aromatic carbocycles. The molecule has 4 aliphatic rings. The van der Waals surface area contributed by atoms with Crippen LogP contribution in [0.4, 0.5) is 39.4 Å². The average Bonchev–Trinajstić information content (AvgIpc) is 3.59. The molecule has 3 N–H and O–H groups in total. The van der Waals surface area contributed by atoms with E-state index in [-0.39, 0.29) is 35.6 Å². The molecular formula is C58H65ClF4N8O7S3. The first-order chi connectivity index (χ1) is 38.5. The standard InChI is InChI=1S/C58H65ClF4N8O7S3/c1-57(2)23-20-50(40-8-12-44(59)13-9-40)43(36-57)38-69-30-32-70(33-31-69)47-15-10-41(11-16-47)55(73)66-81(77,78)49-17-18-51(53(35-49)80(75,76)58(61,62)63)64-46(39-79-48-6-4-3-5-7-48)21-24-67-26-28-68(29-27-67)37-42-34-45(60)14-19-52(42)71-25-22-54(72)65-56(71)74/h3-19,34-35,46,64H,20-33,36-39H2,1-2H3,(H,66,73)(H,65,72,74)/t46-/m1/s1. The van der Waals surface area contributed by atoms with Crippen LogP contribution in [0.3, 0.4) is 0 Å². The summed E-state index contributed by atoms with van der Waals surface area (Å²) in [6.07, 6.45) is 3.54. The Morgan fingerprint density at radius 3 is 2.12 bits per heavy atom. The Labute approximate surface area is 480 Å². The third-order valence-corrected chi connectivity index (χ3v) is 19.6. The van der Waals surface area contributed by atoms with E-state index in [1.54, 1.807) is 12.1 Å². The number of imide groups is 1. The number of nitrogens with zero attached hydrogens (tertiary/aromatic N) is 5. The molecule has 0 radical (unpaired) electrons. The summed E-state index contributed by atoms with van der Waals surface area (Å²) in [5, 5.41) is 6.01. The van der Waals surface area contributed by atoms with Crippen LogP contribution in [-0.4, -0.2) is 139 Å². The largest absolute Gasteiger partial charge is 0.501 e. The lowest BCUT2D eigenvalue weighted by atomic mass is 9.73. The number of hydrogen-bond donors (Lipinski definition) is 3. The van der Waals surface area contributed by atoms with Crippen molar-refractivity contribution in [2.45, 2.75) is 78.7 Å². The maximum atomic E-state index is 14.5. The zero-order valence-electron chi connectivity index (χ0n) is 45.0. The molecule has 15 nitrogen and oxygen atoms in total. The van der Waals surface area contributed by atoms with Crippen molar-refractivity contribution in [2.24, 2.45) is 5.41 Å². The van der Waals surface area contributed by atoms with Crippen molar-refractivity contribution in [1.29, 1.82) is 0 Å². The molecule has 3 heterocycles. The van der Waals surface area contributed by atoms with Crippen LogP contribution in [-0.2, 0) is 31.2 Å². The van der Waals surface area contributed by atoms with Crippen LogP contribution in [0.5, 0.6) is 0 Å². The predicted octanol–water partition coefficient (Wildman–Crippen LogP) is 9.90. The molecular weight excluding hydrogens is 1130 g/mol. The molecule has 1 atom stereocenters. The Morgan fingerprint density at radius 2 is 1.44 bits per heavy atom. The van der Waals surface area contributed by atoms with Crippen molar-refractivity contribution in [3.63, 3.8) is 0 Å². The van der Waals surface area contributed by atoms with E-state index in [9.17, 15) is 48.8 Å². The van der Waals surface area contributed by atoms with Gasteiger partial charge >= 0.3 is 11.5 Å². The summed E-state index contributed by atoms with van der Waals surface area (Å²) < 4.78 is 114. The van der Waals surface area contributed by atoms with Crippen LogP contribution in [0, 0.1) is 11.2 Å². The first kappa shape index (κ1) is 59.6. The molecule has 3 aliphatic heterocycles. The van der Waals surface area contributed by atoms with E-state index in [1.807, 2.05) is 47.2 Å². The molecule has 23 heteroatoms. The smallest absolute Gasteiger partial charge is 0.380 e. The average molecular weight is 1190 g/mol. The lowest BCUT2D eigenvalue weighted by Gasteiger charge is -2.39. The molecule has 4 amide bonds. The van der Waals surface area contributed by atoms with E-state index in [2.05, 4.69) is 56.2 Å². The molecule has 0 saturated carbocycles. The minimum absolute atomic E-state index is 0.0344. The lowest BCUT2D eigenvalue weighted by molar-refractivity contribution is -0.120. The summed E-state index contributed by atoms with van der Waals surface area (Å²) in [4.78, 5) is 46.9. The number of urea groups is 1. The van der Waals surface area contributed by atoms with E-state index in [4.69, 9.17) is 11.6 Å². The first-order valence-corrected chi connectivity index (χ1v) is 31.2. The Morgan fingerprint density at radius 1 is 0.778 bits per heavy atom. The third-order valence-electron chi connectivity index (χ3n) is 15.3. The minimum atomic E-state index is -6.16. The maximum Gasteiger partial charge on any atom is 0.501 e. The molecule has 0 aromatic heterocycles. The number of alkyl halides is 3. The number of benzene rings is 5. The highest BCUT2D eigenvalue weighted by Gasteiger charge is 2.48. The monoisotopic (exact) mass is 1190 g/mol. The van der Waals surface area contributed by atoms with E-state index in [1.165, 1.54) is 63.7 Å². The number of anilines is 3. The molecule has 5 aromatic rings. The zero-order chi connectivity index (χ0) is 57.7. The van der Waals surface area contributed by atoms with Gasteiger partial charge in [0.15, 0.2) is 0 Å². The maximum absolute atomic E-state index is 14.5. The van der Waals surface area contributed by atoms with Gasteiger partial charge in [-0.2, -0.15) is 13.2 Å². The highest BCUT2D eigenvalue weighted by molar-refractivity contribution is 7.99. The van der Waals surface area contributed by atoms with Gasteiger partial charge in [0.1, 0.15) is 10.7 Å². The van der Waals surface area contributed by atoms with Gasteiger partial charge in [-0.05, 0) is 133 Å². The Kier molecular flexibility index (Phi) is 18.6. The first-order valence-electron chi connectivity index (χ1n) is 26.9. The SMILES string of the molecule is CC1(C)CCC(c2ccc(Cl)cc2)=C(CN2CCN(c3ccc(C(=O)NS(=O)(=O)c4ccc(N[C@H](CCN5CCN(Cc6cc(F)ccc6N6CCC(=O)NC6=O)CC5)CSc5ccccc5)c(S(=O)(=O)C(F)(F)F)c4)cc3)CC2)C1. The topological polar surface area (TPSA) is 172 Å². The van der Waals surface area contributed by atoms with Crippen molar-refractivity contribution in [2.75, 3.05) is 92.9 Å². The summed E-state index contributed by atoms with van der Waals surface area (Å²) >= 11 is 7.61.